The molecular weight excluding hydrogens is 316 g/mol. The summed E-state index contributed by atoms with van der Waals surface area (Å²) >= 11 is 0. The van der Waals surface area contributed by atoms with Crippen LogP contribution in [0.3, 0.4) is 0 Å². The second-order valence-electron chi connectivity index (χ2n) is 5.39. The average Bonchev–Trinajstić information content (AvgIpc) is 3.20. The monoisotopic (exact) mass is 334 g/mol. The lowest BCUT2D eigenvalue weighted by atomic mass is 10.1. The lowest BCUT2D eigenvalue weighted by Crippen LogP contribution is -2.25. The maximum Gasteiger partial charge on any atom is 0.277 e. The first-order valence-corrected chi connectivity index (χ1v) is 7.87. The number of nitrogens with zero attached hydrogens (tertiary/aromatic N) is 1. The Labute approximate surface area is 145 Å². The molecule has 0 aliphatic rings. The van der Waals surface area contributed by atoms with Crippen LogP contribution in [0.25, 0.3) is 11.1 Å². The highest BCUT2D eigenvalue weighted by Crippen LogP contribution is 2.21. The molecule has 0 radical (unpaired) electrons. The van der Waals surface area contributed by atoms with Crippen LogP contribution < -0.4 is 10.2 Å². The molecule has 0 atom stereocenters. The molecule has 0 spiro atoms. The molecule has 1 N–H and O–H groups in total. The molecule has 5 heteroatoms. The fourth-order valence-electron chi connectivity index (χ4n) is 2.24. The van der Waals surface area contributed by atoms with E-state index in [1.54, 1.807) is 25.3 Å². The summed E-state index contributed by atoms with van der Waals surface area (Å²) < 4.78 is 10.7. The van der Waals surface area contributed by atoms with Crippen molar-refractivity contribution in [1.82, 2.24) is 5.43 Å². The molecule has 0 aliphatic carbocycles. The number of nitrogens with one attached hydrogen (secondary N) is 1. The van der Waals surface area contributed by atoms with Gasteiger partial charge in [0.1, 0.15) is 17.2 Å². The number of benzene rings is 2. The van der Waals surface area contributed by atoms with Crippen molar-refractivity contribution in [1.29, 1.82) is 0 Å². The van der Waals surface area contributed by atoms with Gasteiger partial charge in [0.25, 0.3) is 5.91 Å². The number of rotatable bonds is 6. The van der Waals surface area contributed by atoms with Crippen LogP contribution in [0, 0.1) is 0 Å². The molecule has 1 heterocycles. The molecule has 1 amide bonds. The Hall–Kier alpha value is -3.34. The van der Waals surface area contributed by atoms with Crippen LogP contribution in [0.2, 0.25) is 0 Å². The predicted molar refractivity (Wildman–Crippen MR) is 96.4 cm³/mol. The van der Waals surface area contributed by atoms with Crippen molar-refractivity contribution in [3.63, 3.8) is 0 Å². The van der Waals surface area contributed by atoms with Crippen LogP contribution in [0.4, 0.5) is 0 Å². The van der Waals surface area contributed by atoms with Gasteiger partial charge in [-0.05, 0) is 42.3 Å². The second kappa shape index (κ2) is 7.97. The van der Waals surface area contributed by atoms with Gasteiger partial charge in [-0.15, -0.1) is 0 Å². The zero-order valence-corrected chi connectivity index (χ0v) is 13.8. The van der Waals surface area contributed by atoms with Crippen LogP contribution in [0.5, 0.6) is 5.75 Å². The molecule has 0 saturated carbocycles. The Bertz CT molecular complexity index is 838. The third-order valence-electron chi connectivity index (χ3n) is 3.56. The maximum absolute atomic E-state index is 11.8. The zero-order chi connectivity index (χ0) is 17.5. The van der Waals surface area contributed by atoms with Gasteiger partial charge in [-0.3, -0.25) is 4.79 Å². The smallest absolute Gasteiger partial charge is 0.277 e. The minimum absolute atomic E-state index is 0.111. The quantitative estimate of drug-likeness (QED) is 0.550. The number of furan rings is 1. The fourth-order valence-corrected chi connectivity index (χ4v) is 2.24. The summed E-state index contributed by atoms with van der Waals surface area (Å²) in [7, 11) is 0. The van der Waals surface area contributed by atoms with Crippen LogP contribution in [-0.4, -0.2) is 18.2 Å². The van der Waals surface area contributed by atoms with Gasteiger partial charge < -0.3 is 9.15 Å². The van der Waals surface area contributed by atoms with Gasteiger partial charge >= 0.3 is 0 Å². The van der Waals surface area contributed by atoms with E-state index in [1.165, 1.54) is 0 Å². The van der Waals surface area contributed by atoms with Gasteiger partial charge in [0.2, 0.25) is 0 Å². The molecule has 0 fully saturated rings. The standard InChI is InChI=1S/C20H18N2O3/c1-15(19-8-5-13-24-19)21-22-20(23)14-25-18-11-9-17(10-12-18)16-6-3-2-4-7-16/h2-13H,14H2,1H3,(H,22,23)/b21-15+. The molecule has 3 rings (SSSR count). The Morgan fingerprint density at radius 3 is 2.40 bits per heavy atom. The third kappa shape index (κ3) is 4.57. The first-order valence-electron chi connectivity index (χ1n) is 7.87. The van der Waals surface area contributed by atoms with E-state index in [-0.39, 0.29) is 12.5 Å². The molecule has 0 bridgehead atoms. The van der Waals surface area contributed by atoms with E-state index in [1.807, 2.05) is 54.6 Å². The Morgan fingerprint density at radius 1 is 1.00 bits per heavy atom. The number of hydrazone groups is 1. The number of ether oxygens (including phenoxy) is 1. The molecule has 0 unspecified atom stereocenters. The highest BCUT2D eigenvalue weighted by atomic mass is 16.5. The van der Waals surface area contributed by atoms with Crippen LogP contribution in [0.1, 0.15) is 12.7 Å². The van der Waals surface area contributed by atoms with Gasteiger partial charge in [-0.2, -0.15) is 5.10 Å². The molecule has 1 aromatic heterocycles. The molecule has 25 heavy (non-hydrogen) atoms. The number of carbonyl (C=O) groups is 1. The van der Waals surface area contributed by atoms with Gasteiger partial charge in [0.05, 0.1) is 6.26 Å². The lowest BCUT2D eigenvalue weighted by Gasteiger charge is -2.07. The summed E-state index contributed by atoms with van der Waals surface area (Å²) in [6.45, 7) is 1.64. The Kier molecular flexibility index (Phi) is 5.26. The van der Waals surface area contributed by atoms with Gasteiger partial charge in [0, 0.05) is 0 Å². The topological polar surface area (TPSA) is 63.8 Å². The van der Waals surface area contributed by atoms with Gasteiger partial charge in [-0.25, -0.2) is 5.43 Å². The van der Waals surface area contributed by atoms with Crippen molar-refractivity contribution in [2.24, 2.45) is 5.10 Å². The summed E-state index contributed by atoms with van der Waals surface area (Å²) in [5.74, 6) is 0.900. The molecular formula is C20H18N2O3. The maximum atomic E-state index is 11.8. The zero-order valence-electron chi connectivity index (χ0n) is 13.8. The number of hydrogen-bond acceptors (Lipinski definition) is 4. The van der Waals surface area contributed by atoms with Crippen molar-refractivity contribution in [2.75, 3.05) is 6.61 Å². The largest absolute Gasteiger partial charge is 0.484 e. The lowest BCUT2D eigenvalue weighted by molar-refractivity contribution is -0.123. The van der Waals surface area contributed by atoms with Crippen LogP contribution in [0.15, 0.2) is 82.5 Å². The molecule has 2 aromatic carbocycles. The minimum Gasteiger partial charge on any atom is -0.484 e. The SMILES string of the molecule is C/C(=N\NC(=O)COc1ccc(-c2ccccc2)cc1)c1ccco1. The fraction of sp³-hybridized carbons (Fsp3) is 0.100. The Morgan fingerprint density at radius 2 is 1.72 bits per heavy atom. The molecule has 5 nitrogen and oxygen atoms in total. The van der Waals surface area contributed by atoms with E-state index in [2.05, 4.69) is 10.5 Å². The minimum atomic E-state index is -0.335. The summed E-state index contributed by atoms with van der Waals surface area (Å²) in [4.78, 5) is 11.8. The van der Waals surface area contributed by atoms with Crippen molar-refractivity contribution >= 4 is 11.6 Å². The van der Waals surface area contributed by atoms with Crippen molar-refractivity contribution in [3.8, 4) is 16.9 Å². The molecule has 0 aliphatic heterocycles. The molecule has 126 valence electrons. The number of hydrogen-bond donors (Lipinski definition) is 1. The van der Waals surface area contributed by atoms with E-state index in [0.29, 0.717) is 17.2 Å². The van der Waals surface area contributed by atoms with Crippen LogP contribution >= 0.6 is 0 Å². The third-order valence-corrected chi connectivity index (χ3v) is 3.56. The second-order valence-corrected chi connectivity index (χ2v) is 5.39. The van der Waals surface area contributed by atoms with Crippen LogP contribution in [-0.2, 0) is 4.79 Å². The summed E-state index contributed by atoms with van der Waals surface area (Å²) in [5, 5.41) is 3.98. The van der Waals surface area contributed by atoms with Crippen molar-refractivity contribution < 1.29 is 13.9 Å². The van der Waals surface area contributed by atoms with Gasteiger partial charge in [-0.1, -0.05) is 42.5 Å². The predicted octanol–water partition coefficient (Wildman–Crippen LogP) is 3.87. The van der Waals surface area contributed by atoms with Crippen molar-refractivity contribution in [3.05, 3.63) is 78.8 Å². The van der Waals surface area contributed by atoms with E-state index in [4.69, 9.17) is 9.15 Å². The average molecular weight is 334 g/mol. The van der Waals surface area contributed by atoms with E-state index >= 15 is 0 Å². The first-order chi connectivity index (χ1) is 12.2. The van der Waals surface area contributed by atoms with Crippen molar-refractivity contribution in [2.45, 2.75) is 6.92 Å². The summed E-state index contributed by atoms with van der Waals surface area (Å²) in [6.07, 6.45) is 1.55. The van der Waals surface area contributed by atoms with E-state index < -0.39 is 0 Å². The first kappa shape index (κ1) is 16.5. The summed E-state index contributed by atoms with van der Waals surface area (Å²) in [5.41, 5.74) is 5.26. The number of carbonyl (C=O) groups excluding carboxylic acids is 1. The van der Waals surface area contributed by atoms with E-state index in [9.17, 15) is 4.79 Å². The van der Waals surface area contributed by atoms with Gasteiger partial charge in [0.15, 0.2) is 6.61 Å². The number of amides is 1. The molecule has 0 saturated heterocycles. The van der Waals surface area contributed by atoms with E-state index in [0.717, 1.165) is 11.1 Å². The molecule has 3 aromatic rings. The highest BCUT2D eigenvalue weighted by Gasteiger charge is 2.04. The normalized spacial score (nSPS) is 11.2. The Balaban J connectivity index is 1.51. The summed E-state index contributed by atoms with van der Waals surface area (Å²) in [6, 6.07) is 21.2. The highest BCUT2D eigenvalue weighted by molar-refractivity contribution is 5.96.